The van der Waals surface area contributed by atoms with E-state index < -0.39 is 23.6 Å². The van der Waals surface area contributed by atoms with E-state index in [-0.39, 0.29) is 11.1 Å². The fourth-order valence-corrected chi connectivity index (χ4v) is 4.06. The normalized spacial score (nSPS) is 20.9. The number of carbonyl (C=O) groups is 2. The molecular weight excluding hydrogens is 416 g/mol. The minimum atomic E-state index is -1.40. The molecule has 2 atom stereocenters. The molecule has 0 aliphatic carbocycles. The Kier molecular flexibility index (Phi) is 5.40. The number of fused-ring (bicyclic) bond motifs is 2. The summed E-state index contributed by atoms with van der Waals surface area (Å²) in [5, 5.41) is 0. The van der Waals surface area contributed by atoms with Crippen molar-refractivity contribution < 1.29 is 37.7 Å². The number of ether oxygens (including phenoxy) is 5. The molecule has 0 saturated heterocycles. The van der Waals surface area contributed by atoms with Gasteiger partial charge in [0.2, 0.25) is 0 Å². The minimum absolute atomic E-state index is 0.0384. The summed E-state index contributed by atoms with van der Waals surface area (Å²) in [6.07, 6.45) is 4.30. The first kappa shape index (κ1) is 21.5. The molecule has 0 saturated carbocycles. The first-order valence-corrected chi connectivity index (χ1v) is 9.71. The summed E-state index contributed by atoms with van der Waals surface area (Å²) >= 11 is 0. The van der Waals surface area contributed by atoms with Gasteiger partial charge >= 0.3 is 11.9 Å². The van der Waals surface area contributed by atoms with Crippen LogP contribution in [0.1, 0.15) is 11.3 Å². The Morgan fingerprint density at radius 2 is 1.72 bits per heavy atom. The second kappa shape index (κ2) is 8.05. The Hall–Kier alpha value is -3.78. The van der Waals surface area contributed by atoms with Gasteiger partial charge in [-0.25, -0.2) is 9.59 Å². The molecule has 0 spiro atoms. The van der Waals surface area contributed by atoms with E-state index in [0.717, 1.165) is 5.56 Å². The molecule has 2 bridgehead atoms. The van der Waals surface area contributed by atoms with Crippen LogP contribution in [0, 0.1) is 0 Å². The standard InChI is InChI=1S/C24H22O8/c1-6-13-11-17(27-2)18(28-3)12-14(13)15-7-8-19(31-15)24-10-9-16(32-24)20(22(25)29-4)21(24)23(26)30-5/h6-12,16H,1H2,2-5H3/t16-,24-/m0/s1. The van der Waals surface area contributed by atoms with E-state index >= 15 is 0 Å². The zero-order valence-electron chi connectivity index (χ0n) is 18.1. The van der Waals surface area contributed by atoms with Gasteiger partial charge in [-0.2, -0.15) is 0 Å². The molecule has 3 heterocycles. The summed E-state index contributed by atoms with van der Waals surface area (Å²) in [4.78, 5) is 25.0. The molecule has 0 amide bonds. The van der Waals surface area contributed by atoms with Crippen LogP contribution >= 0.6 is 0 Å². The van der Waals surface area contributed by atoms with Crippen molar-refractivity contribution in [2.45, 2.75) is 11.7 Å². The van der Waals surface area contributed by atoms with E-state index in [1.54, 1.807) is 56.7 Å². The molecule has 1 aromatic carbocycles. The molecule has 1 aromatic heterocycles. The van der Waals surface area contributed by atoms with Crippen LogP contribution < -0.4 is 9.47 Å². The van der Waals surface area contributed by atoms with E-state index in [9.17, 15) is 9.59 Å². The molecule has 8 nitrogen and oxygen atoms in total. The number of hydrogen-bond donors (Lipinski definition) is 0. The lowest BCUT2D eigenvalue weighted by Crippen LogP contribution is -2.29. The molecule has 2 aliphatic heterocycles. The average molecular weight is 438 g/mol. The first-order chi connectivity index (χ1) is 15.4. The predicted molar refractivity (Wildman–Crippen MR) is 114 cm³/mol. The molecular formula is C24H22O8. The number of hydrogen-bond acceptors (Lipinski definition) is 8. The van der Waals surface area contributed by atoms with Crippen molar-refractivity contribution in [3.05, 3.63) is 65.5 Å². The number of carbonyl (C=O) groups excluding carboxylic acids is 2. The lowest BCUT2D eigenvalue weighted by atomic mass is 9.85. The van der Waals surface area contributed by atoms with Gasteiger partial charge in [0.1, 0.15) is 17.6 Å². The van der Waals surface area contributed by atoms with Gasteiger partial charge in [-0.1, -0.05) is 18.7 Å². The van der Waals surface area contributed by atoms with Crippen LogP contribution in [0.3, 0.4) is 0 Å². The summed E-state index contributed by atoms with van der Waals surface area (Å²) < 4.78 is 32.8. The maximum Gasteiger partial charge on any atom is 0.338 e. The van der Waals surface area contributed by atoms with Gasteiger partial charge in [-0.05, 0) is 35.9 Å². The maximum atomic E-state index is 12.7. The van der Waals surface area contributed by atoms with Crippen LogP contribution in [0.25, 0.3) is 17.4 Å². The highest BCUT2D eigenvalue weighted by Crippen LogP contribution is 2.51. The van der Waals surface area contributed by atoms with Gasteiger partial charge in [0, 0.05) is 5.56 Å². The second-order valence-electron chi connectivity index (χ2n) is 7.07. The molecule has 2 aromatic rings. The van der Waals surface area contributed by atoms with Crippen LogP contribution in [0.4, 0.5) is 0 Å². The molecule has 8 heteroatoms. The first-order valence-electron chi connectivity index (χ1n) is 9.71. The molecule has 4 rings (SSSR count). The van der Waals surface area contributed by atoms with E-state index in [4.69, 9.17) is 28.1 Å². The van der Waals surface area contributed by atoms with E-state index in [0.29, 0.717) is 28.6 Å². The third-order valence-corrected chi connectivity index (χ3v) is 5.55. The molecule has 0 unspecified atom stereocenters. The van der Waals surface area contributed by atoms with Gasteiger partial charge in [0.15, 0.2) is 17.1 Å². The van der Waals surface area contributed by atoms with E-state index in [1.165, 1.54) is 14.2 Å². The zero-order chi connectivity index (χ0) is 23.0. The Balaban J connectivity index is 1.85. The van der Waals surface area contributed by atoms with Crippen LogP contribution in [0.5, 0.6) is 11.5 Å². The Bertz CT molecular complexity index is 1170. The smallest absolute Gasteiger partial charge is 0.338 e. The quantitative estimate of drug-likeness (QED) is 0.480. The Morgan fingerprint density at radius 1 is 1.03 bits per heavy atom. The van der Waals surface area contributed by atoms with Crippen molar-refractivity contribution in [3.63, 3.8) is 0 Å². The lowest BCUT2D eigenvalue weighted by molar-refractivity contribution is -0.139. The number of esters is 2. The van der Waals surface area contributed by atoms with Crippen molar-refractivity contribution >= 4 is 18.0 Å². The fraction of sp³-hybridized carbons (Fsp3) is 0.250. The largest absolute Gasteiger partial charge is 0.493 e. The lowest BCUT2D eigenvalue weighted by Gasteiger charge is -2.23. The minimum Gasteiger partial charge on any atom is -0.493 e. The highest BCUT2D eigenvalue weighted by atomic mass is 16.6. The number of furan rings is 1. The third-order valence-electron chi connectivity index (χ3n) is 5.55. The van der Waals surface area contributed by atoms with E-state index in [1.807, 2.05) is 0 Å². The predicted octanol–water partition coefficient (Wildman–Crippen LogP) is 3.41. The maximum absolute atomic E-state index is 12.7. The van der Waals surface area contributed by atoms with Crippen LogP contribution in [0.15, 0.2) is 58.6 Å². The van der Waals surface area contributed by atoms with Gasteiger partial charge < -0.3 is 28.1 Å². The highest BCUT2D eigenvalue weighted by Gasteiger charge is 2.57. The number of rotatable bonds is 7. The monoisotopic (exact) mass is 438 g/mol. The summed E-state index contributed by atoms with van der Waals surface area (Å²) in [5.74, 6) is 0.508. The second-order valence-corrected chi connectivity index (χ2v) is 7.07. The summed E-state index contributed by atoms with van der Waals surface area (Å²) in [6, 6.07) is 6.99. The summed E-state index contributed by atoms with van der Waals surface area (Å²) in [5.41, 5.74) is 0.194. The summed E-state index contributed by atoms with van der Waals surface area (Å²) in [7, 11) is 5.57. The molecule has 0 N–H and O–H groups in total. The van der Waals surface area contributed by atoms with Gasteiger partial charge in [-0.3, -0.25) is 0 Å². The zero-order valence-corrected chi connectivity index (χ0v) is 18.1. The topological polar surface area (TPSA) is 93.4 Å². The third kappa shape index (κ3) is 3.03. The van der Waals surface area contributed by atoms with Crippen molar-refractivity contribution in [2.24, 2.45) is 0 Å². The molecule has 0 fully saturated rings. The molecule has 32 heavy (non-hydrogen) atoms. The fourth-order valence-electron chi connectivity index (χ4n) is 4.06. The van der Waals surface area contributed by atoms with Crippen LogP contribution in [0.2, 0.25) is 0 Å². The van der Waals surface area contributed by atoms with Crippen LogP contribution in [-0.4, -0.2) is 46.5 Å². The van der Waals surface area contributed by atoms with Gasteiger partial charge in [0.25, 0.3) is 0 Å². The van der Waals surface area contributed by atoms with E-state index in [2.05, 4.69) is 6.58 Å². The van der Waals surface area contributed by atoms with Gasteiger partial charge in [-0.15, -0.1) is 0 Å². The van der Waals surface area contributed by atoms with Crippen LogP contribution in [-0.2, 0) is 29.4 Å². The van der Waals surface area contributed by atoms with Gasteiger partial charge in [0.05, 0.1) is 39.6 Å². The number of benzene rings is 1. The van der Waals surface area contributed by atoms with Crippen molar-refractivity contribution in [2.75, 3.05) is 28.4 Å². The Labute approximate surface area is 184 Å². The summed E-state index contributed by atoms with van der Waals surface area (Å²) in [6.45, 7) is 3.86. The molecule has 2 aliphatic rings. The highest BCUT2D eigenvalue weighted by molar-refractivity contribution is 6.05. The average Bonchev–Trinajstić information content (AvgIpc) is 3.56. The number of methoxy groups -OCH3 is 4. The van der Waals surface area contributed by atoms with Crippen molar-refractivity contribution in [1.82, 2.24) is 0 Å². The van der Waals surface area contributed by atoms with Crippen molar-refractivity contribution in [1.29, 1.82) is 0 Å². The SMILES string of the molecule is C=Cc1cc(OC)c(OC)cc1-c1ccc([C@]23C=C[C@H](O2)C(C(=O)OC)=C3C(=O)OC)o1. The van der Waals surface area contributed by atoms with Crippen molar-refractivity contribution in [3.8, 4) is 22.8 Å². The Morgan fingerprint density at radius 3 is 2.34 bits per heavy atom. The molecule has 0 radical (unpaired) electrons. The molecule has 166 valence electrons.